The summed E-state index contributed by atoms with van der Waals surface area (Å²) in [4.78, 5) is 14.3. The minimum Gasteiger partial charge on any atom is -0.462 e. The van der Waals surface area contributed by atoms with Crippen molar-refractivity contribution >= 4 is 27.3 Å². The number of nitrogens with zero attached hydrogens (tertiary/aromatic N) is 1. The van der Waals surface area contributed by atoms with Crippen molar-refractivity contribution in [2.75, 3.05) is 30.3 Å². The van der Waals surface area contributed by atoms with Gasteiger partial charge in [-0.15, -0.1) is 11.3 Å². The van der Waals surface area contributed by atoms with Crippen molar-refractivity contribution in [1.29, 1.82) is 0 Å². The molecule has 0 aliphatic carbocycles. The summed E-state index contributed by atoms with van der Waals surface area (Å²) < 4.78 is 5.08. The first-order valence-electron chi connectivity index (χ1n) is 6.85. The maximum absolute atomic E-state index is 11.9. The molecule has 0 bridgehead atoms. The van der Waals surface area contributed by atoms with Gasteiger partial charge in [-0.3, -0.25) is 0 Å². The van der Waals surface area contributed by atoms with Crippen LogP contribution in [-0.2, 0) is 4.74 Å². The number of rotatable bonds is 3. The topological polar surface area (TPSA) is 55.6 Å². The van der Waals surface area contributed by atoms with E-state index < -0.39 is 0 Å². The van der Waals surface area contributed by atoms with Gasteiger partial charge in [-0.2, -0.15) is 0 Å². The SMILES string of the molecule is CCOC(=O)c1c(N)sc(N2CCCC(C)C2)c1C. The normalized spacial score (nSPS) is 19.5. The molecule has 1 aromatic rings. The molecule has 19 heavy (non-hydrogen) atoms. The molecule has 4 nitrogen and oxygen atoms in total. The van der Waals surface area contributed by atoms with E-state index >= 15 is 0 Å². The first-order chi connectivity index (χ1) is 9.04. The van der Waals surface area contributed by atoms with Gasteiger partial charge in [0, 0.05) is 18.7 Å². The van der Waals surface area contributed by atoms with E-state index in [1.807, 2.05) is 13.8 Å². The van der Waals surface area contributed by atoms with E-state index in [1.54, 1.807) is 0 Å². The van der Waals surface area contributed by atoms with Gasteiger partial charge in [0.05, 0.1) is 17.2 Å². The van der Waals surface area contributed by atoms with Crippen LogP contribution in [0.25, 0.3) is 0 Å². The summed E-state index contributed by atoms with van der Waals surface area (Å²) >= 11 is 1.51. The van der Waals surface area contributed by atoms with Gasteiger partial charge < -0.3 is 15.4 Å². The maximum Gasteiger partial charge on any atom is 0.341 e. The van der Waals surface area contributed by atoms with Crippen LogP contribution in [0.1, 0.15) is 42.6 Å². The highest BCUT2D eigenvalue weighted by Crippen LogP contribution is 2.39. The zero-order valence-corrected chi connectivity index (χ0v) is 12.7. The standard InChI is InChI=1S/C14H22N2O2S/c1-4-18-14(17)11-10(3)13(19-12(11)15)16-7-5-6-9(2)8-16/h9H,4-8,15H2,1-3H3. The van der Waals surface area contributed by atoms with Crippen LogP contribution in [0.2, 0.25) is 0 Å². The zero-order chi connectivity index (χ0) is 14.0. The van der Waals surface area contributed by atoms with E-state index in [0.717, 1.165) is 23.7 Å². The Bertz CT molecular complexity index is 470. The molecule has 0 radical (unpaired) electrons. The Balaban J connectivity index is 2.27. The van der Waals surface area contributed by atoms with Crippen molar-refractivity contribution in [3.63, 3.8) is 0 Å². The fourth-order valence-electron chi connectivity index (χ4n) is 2.66. The molecule has 0 amide bonds. The van der Waals surface area contributed by atoms with E-state index in [4.69, 9.17) is 10.5 Å². The predicted molar refractivity (Wildman–Crippen MR) is 80.0 cm³/mol. The Morgan fingerprint density at radius 2 is 2.32 bits per heavy atom. The largest absolute Gasteiger partial charge is 0.462 e. The molecule has 1 aliphatic heterocycles. The molecule has 1 aromatic heterocycles. The number of hydrogen-bond donors (Lipinski definition) is 1. The van der Waals surface area contributed by atoms with Crippen LogP contribution in [0.5, 0.6) is 0 Å². The fourth-order valence-corrected chi connectivity index (χ4v) is 3.75. The average molecular weight is 282 g/mol. The molecule has 1 unspecified atom stereocenters. The molecule has 1 aliphatic rings. The highest BCUT2D eigenvalue weighted by atomic mass is 32.1. The molecule has 1 fully saturated rings. The number of thiophene rings is 1. The fraction of sp³-hybridized carbons (Fsp3) is 0.643. The lowest BCUT2D eigenvalue weighted by molar-refractivity contribution is 0.0527. The minimum absolute atomic E-state index is 0.301. The summed E-state index contributed by atoms with van der Waals surface area (Å²) in [6.07, 6.45) is 2.48. The summed E-state index contributed by atoms with van der Waals surface area (Å²) in [5.41, 5.74) is 7.53. The smallest absolute Gasteiger partial charge is 0.341 e. The second-order valence-electron chi connectivity index (χ2n) is 5.19. The van der Waals surface area contributed by atoms with Crippen LogP contribution in [0.3, 0.4) is 0 Å². The first kappa shape index (κ1) is 14.2. The number of piperidine rings is 1. The number of esters is 1. The number of anilines is 2. The van der Waals surface area contributed by atoms with Gasteiger partial charge in [-0.1, -0.05) is 6.92 Å². The summed E-state index contributed by atoms with van der Waals surface area (Å²) in [5.74, 6) is 0.396. The van der Waals surface area contributed by atoms with E-state index in [9.17, 15) is 4.79 Å². The number of carbonyl (C=O) groups excluding carboxylic acids is 1. The van der Waals surface area contributed by atoms with Gasteiger partial charge in [0.2, 0.25) is 0 Å². The van der Waals surface area contributed by atoms with Crippen LogP contribution in [-0.4, -0.2) is 25.7 Å². The molecule has 0 saturated carbocycles. The molecule has 2 heterocycles. The van der Waals surface area contributed by atoms with Crippen LogP contribution in [0.15, 0.2) is 0 Å². The monoisotopic (exact) mass is 282 g/mol. The number of nitrogen functional groups attached to an aromatic ring is 1. The third-order valence-corrected chi connectivity index (χ3v) is 4.75. The highest BCUT2D eigenvalue weighted by molar-refractivity contribution is 7.20. The number of ether oxygens (including phenoxy) is 1. The molecule has 106 valence electrons. The van der Waals surface area contributed by atoms with Crippen molar-refractivity contribution in [2.45, 2.75) is 33.6 Å². The molecule has 2 N–H and O–H groups in total. The van der Waals surface area contributed by atoms with E-state index in [1.165, 1.54) is 24.2 Å². The van der Waals surface area contributed by atoms with Crippen molar-refractivity contribution in [2.24, 2.45) is 5.92 Å². The van der Waals surface area contributed by atoms with Gasteiger partial charge in [0.15, 0.2) is 0 Å². The number of nitrogens with two attached hydrogens (primary N) is 1. The lowest BCUT2D eigenvalue weighted by Crippen LogP contribution is -2.34. The van der Waals surface area contributed by atoms with Gasteiger partial charge in [0.1, 0.15) is 5.00 Å². The molecular weight excluding hydrogens is 260 g/mol. The third kappa shape index (κ3) is 2.86. The minimum atomic E-state index is -0.301. The summed E-state index contributed by atoms with van der Waals surface area (Å²) in [6.45, 7) is 8.52. The number of carbonyl (C=O) groups is 1. The quantitative estimate of drug-likeness (QED) is 0.866. The van der Waals surface area contributed by atoms with Crippen LogP contribution >= 0.6 is 11.3 Å². The molecule has 0 aromatic carbocycles. The van der Waals surface area contributed by atoms with Gasteiger partial charge in [-0.25, -0.2) is 4.79 Å². The highest BCUT2D eigenvalue weighted by Gasteiger charge is 2.25. The van der Waals surface area contributed by atoms with Crippen molar-refractivity contribution in [1.82, 2.24) is 0 Å². The van der Waals surface area contributed by atoms with Crippen molar-refractivity contribution in [3.8, 4) is 0 Å². The summed E-state index contributed by atoms with van der Waals surface area (Å²) in [6, 6.07) is 0. The Kier molecular flexibility index (Phi) is 4.34. The average Bonchev–Trinajstić information content (AvgIpc) is 2.65. The molecule has 1 saturated heterocycles. The molecule has 1 atom stereocenters. The van der Waals surface area contributed by atoms with Crippen LogP contribution in [0, 0.1) is 12.8 Å². The van der Waals surface area contributed by atoms with Gasteiger partial charge >= 0.3 is 5.97 Å². The summed E-state index contributed by atoms with van der Waals surface area (Å²) in [7, 11) is 0. The third-order valence-electron chi connectivity index (χ3n) is 3.57. The molecule has 2 rings (SSSR count). The predicted octanol–water partition coefficient (Wildman–Crippen LogP) is 3.05. The molecular formula is C14H22N2O2S. The summed E-state index contributed by atoms with van der Waals surface area (Å²) in [5, 5.41) is 1.70. The Labute approximate surface area is 118 Å². The van der Waals surface area contributed by atoms with Crippen LogP contribution < -0.4 is 10.6 Å². The second-order valence-corrected chi connectivity index (χ2v) is 6.22. The van der Waals surface area contributed by atoms with Crippen molar-refractivity contribution in [3.05, 3.63) is 11.1 Å². The first-order valence-corrected chi connectivity index (χ1v) is 7.67. The van der Waals surface area contributed by atoms with Gasteiger partial charge in [-0.05, 0) is 32.6 Å². The van der Waals surface area contributed by atoms with Gasteiger partial charge in [0.25, 0.3) is 0 Å². The van der Waals surface area contributed by atoms with E-state index in [2.05, 4.69) is 11.8 Å². The maximum atomic E-state index is 11.9. The second kappa shape index (κ2) is 5.82. The Morgan fingerprint density at radius 1 is 1.58 bits per heavy atom. The molecule has 5 heteroatoms. The number of hydrogen-bond acceptors (Lipinski definition) is 5. The van der Waals surface area contributed by atoms with E-state index in [-0.39, 0.29) is 5.97 Å². The van der Waals surface area contributed by atoms with E-state index in [0.29, 0.717) is 23.1 Å². The lowest BCUT2D eigenvalue weighted by Gasteiger charge is -2.32. The zero-order valence-electron chi connectivity index (χ0n) is 11.9. The van der Waals surface area contributed by atoms with Crippen LogP contribution in [0.4, 0.5) is 10.0 Å². The Morgan fingerprint density at radius 3 is 2.95 bits per heavy atom. The molecule has 0 spiro atoms. The lowest BCUT2D eigenvalue weighted by atomic mass is 10.0. The van der Waals surface area contributed by atoms with Crippen molar-refractivity contribution < 1.29 is 9.53 Å². The Hall–Kier alpha value is -1.23.